The Hall–Kier alpha value is -1.66. The molecule has 0 radical (unpaired) electrons. The van der Waals surface area contributed by atoms with Crippen molar-refractivity contribution >= 4 is 27.5 Å². The second-order valence-electron chi connectivity index (χ2n) is 5.44. The van der Waals surface area contributed by atoms with E-state index in [1.54, 1.807) is 11.9 Å². The van der Waals surface area contributed by atoms with Gasteiger partial charge >= 0.3 is 0 Å². The fourth-order valence-electron chi connectivity index (χ4n) is 2.60. The molecule has 3 rings (SSSR count). The Morgan fingerprint density at radius 1 is 1.32 bits per heavy atom. The van der Waals surface area contributed by atoms with E-state index in [0.29, 0.717) is 17.5 Å². The first-order valence-electron chi connectivity index (χ1n) is 7.35. The number of benzene rings is 1. The minimum atomic E-state index is -0.161. The van der Waals surface area contributed by atoms with Gasteiger partial charge < -0.3 is 14.6 Å². The van der Waals surface area contributed by atoms with Gasteiger partial charge in [-0.2, -0.15) is 0 Å². The van der Waals surface area contributed by atoms with E-state index in [9.17, 15) is 4.79 Å². The maximum absolute atomic E-state index is 12.5. The van der Waals surface area contributed by atoms with Gasteiger partial charge in [0.15, 0.2) is 11.6 Å². The highest BCUT2D eigenvalue weighted by molar-refractivity contribution is 9.10. The Labute approximate surface area is 137 Å². The van der Waals surface area contributed by atoms with E-state index >= 15 is 0 Å². The van der Waals surface area contributed by atoms with Crippen LogP contribution in [-0.4, -0.2) is 31.0 Å². The number of nitrogens with one attached hydrogen (secondary N) is 1. The highest BCUT2D eigenvalue weighted by Crippen LogP contribution is 2.25. The van der Waals surface area contributed by atoms with E-state index in [-0.39, 0.29) is 5.91 Å². The van der Waals surface area contributed by atoms with Crippen LogP contribution in [0.25, 0.3) is 0 Å². The first-order chi connectivity index (χ1) is 10.6. The quantitative estimate of drug-likeness (QED) is 0.909. The van der Waals surface area contributed by atoms with Gasteiger partial charge in [0.1, 0.15) is 6.26 Å². The number of nitrogens with zero attached hydrogens (tertiary/aromatic N) is 2. The molecule has 0 bridgehead atoms. The number of oxazole rings is 1. The van der Waals surface area contributed by atoms with Crippen molar-refractivity contribution in [2.45, 2.75) is 18.8 Å². The lowest BCUT2D eigenvalue weighted by Crippen LogP contribution is -2.28. The summed E-state index contributed by atoms with van der Waals surface area (Å²) in [6.07, 6.45) is 3.46. The zero-order valence-electron chi connectivity index (χ0n) is 12.4. The van der Waals surface area contributed by atoms with Crippen molar-refractivity contribution in [1.29, 1.82) is 0 Å². The number of carbonyl (C=O) groups excluding carboxylic acids is 1. The van der Waals surface area contributed by atoms with Crippen molar-refractivity contribution in [2.24, 2.45) is 0 Å². The summed E-state index contributed by atoms with van der Waals surface area (Å²) >= 11 is 3.39. The Morgan fingerprint density at radius 2 is 2.00 bits per heavy atom. The summed E-state index contributed by atoms with van der Waals surface area (Å²) in [4.78, 5) is 18.5. The highest BCUT2D eigenvalue weighted by Gasteiger charge is 2.23. The van der Waals surface area contributed by atoms with Crippen molar-refractivity contribution in [1.82, 2.24) is 10.3 Å². The second-order valence-corrected chi connectivity index (χ2v) is 6.35. The van der Waals surface area contributed by atoms with Crippen molar-refractivity contribution in [2.75, 3.05) is 25.0 Å². The molecule has 1 N–H and O–H groups in total. The number of piperidine rings is 1. The van der Waals surface area contributed by atoms with Gasteiger partial charge in [0, 0.05) is 23.1 Å². The third kappa shape index (κ3) is 3.23. The maximum atomic E-state index is 12.5. The van der Waals surface area contributed by atoms with Gasteiger partial charge in [-0.15, -0.1) is 0 Å². The molecule has 22 heavy (non-hydrogen) atoms. The van der Waals surface area contributed by atoms with E-state index in [4.69, 9.17) is 4.42 Å². The highest BCUT2D eigenvalue weighted by atomic mass is 79.9. The molecule has 2 heterocycles. The molecule has 1 aromatic carbocycles. The molecule has 6 heteroatoms. The summed E-state index contributed by atoms with van der Waals surface area (Å²) in [7, 11) is 1.74. The molecule has 0 spiro atoms. The lowest BCUT2D eigenvalue weighted by Gasteiger charge is -2.19. The van der Waals surface area contributed by atoms with Crippen molar-refractivity contribution in [3.8, 4) is 0 Å². The number of rotatable bonds is 3. The largest absolute Gasteiger partial charge is 0.448 e. The summed E-state index contributed by atoms with van der Waals surface area (Å²) in [5.41, 5.74) is 1.18. The van der Waals surface area contributed by atoms with Crippen molar-refractivity contribution in [3.63, 3.8) is 0 Å². The van der Waals surface area contributed by atoms with E-state index in [1.807, 2.05) is 24.3 Å². The summed E-state index contributed by atoms with van der Waals surface area (Å²) in [6.45, 7) is 1.93. The smallest absolute Gasteiger partial charge is 0.279 e. The molecule has 0 aliphatic carbocycles. The van der Waals surface area contributed by atoms with Crippen LogP contribution in [0.1, 0.15) is 35.1 Å². The van der Waals surface area contributed by atoms with Crippen LogP contribution in [0.4, 0.5) is 5.69 Å². The Balaban J connectivity index is 1.74. The molecule has 116 valence electrons. The average Bonchev–Trinajstić information content (AvgIpc) is 3.05. The minimum absolute atomic E-state index is 0.161. The normalized spacial score (nSPS) is 15.7. The van der Waals surface area contributed by atoms with Crippen molar-refractivity contribution < 1.29 is 9.21 Å². The minimum Gasteiger partial charge on any atom is -0.448 e. The SMILES string of the molecule is CN(C(=O)c1coc(C2CCNCC2)n1)c1ccc(Br)cc1. The van der Waals surface area contributed by atoms with Crippen LogP contribution in [0.15, 0.2) is 39.4 Å². The summed E-state index contributed by atoms with van der Waals surface area (Å²) in [5, 5.41) is 3.31. The third-order valence-corrected chi connectivity index (χ3v) is 4.48. The molecule has 1 amide bonds. The number of halogens is 1. The first-order valence-corrected chi connectivity index (χ1v) is 8.14. The van der Waals surface area contributed by atoms with Crippen molar-refractivity contribution in [3.05, 3.63) is 46.6 Å². The van der Waals surface area contributed by atoms with Gasteiger partial charge in [-0.1, -0.05) is 15.9 Å². The number of hydrogen-bond acceptors (Lipinski definition) is 4. The van der Waals surface area contributed by atoms with Crippen LogP contribution in [0, 0.1) is 0 Å². The molecular weight excluding hydrogens is 346 g/mol. The zero-order valence-corrected chi connectivity index (χ0v) is 14.0. The van der Waals surface area contributed by atoms with Crippen LogP contribution < -0.4 is 10.2 Å². The molecule has 5 nitrogen and oxygen atoms in total. The molecule has 0 unspecified atom stereocenters. The second kappa shape index (κ2) is 6.62. The fourth-order valence-corrected chi connectivity index (χ4v) is 2.86. The van der Waals surface area contributed by atoms with Crippen LogP contribution in [0.5, 0.6) is 0 Å². The molecule has 0 atom stereocenters. The predicted octanol–water partition coefficient (Wildman–Crippen LogP) is 3.18. The molecular formula is C16H18BrN3O2. The first kappa shape index (κ1) is 15.2. The van der Waals surface area contributed by atoms with E-state index < -0.39 is 0 Å². The van der Waals surface area contributed by atoms with Crippen LogP contribution in [0.3, 0.4) is 0 Å². The molecule has 1 saturated heterocycles. The lowest BCUT2D eigenvalue weighted by molar-refractivity contribution is 0.0988. The Bertz CT molecular complexity index is 648. The lowest BCUT2D eigenvalue weighted by atomic mass is 9.98. The van der Waals surface area contributed by atoms with Gasteiger partial charge in [0.05, 0.1) is 0 Å². The van der Waals surface area contributed by atoms with Crippen LogP contribution >= 0.6 is 15.9 Å². The molecule has 1 aliphatic rings. The standard InChI is InChI=1S/C16H18BrN3O2/c1-20(13-4-2-12(17)3-5-13)16(21)14-10-22-15(19-14)11-6-8-18-9-7-11/h2-5,10-11,18H,6-9H2,1H3. The van der Waals surface area contributed by atoms with E-state index in [2.05, 4.69) is 26.2 Å². The fraction of sp³-hybridized carbons (Fsp3) is 0.375. The predicted molar refractivity (Wildman–Crippen MR) is 88.2 cm³/mol. The topological polar surface area (TPSA) is 58.4 Å². The number of amides is 1. The summed E-state index contributed by atoms with van der Waals surface area (Å²) < 4.78 is 6.51. The van der Waals surface area contributed by atoms with E-state index in [0.717, 1.165) is 36.1 Å². The number of hydrogen-bond donors (Lipinski definition) is 1. The number of aromatic nitrogens is 1. The Kier molecular flexibility index (Phi) is 4.59. The number of anilines is 1. The van der Waals surface area contributed by atoms with Gasteiger partial charge in [-0.25, -0.2) is 4.98 Å². The van der Waals surface area contributed by atoms with Crippen LogP contribution in [0.2, 0.25) is 0 Å². The summed E-state index contributed by atoms with van der Waals surface area (Å²) in [5.74, 6) is 0.820. The van der Waals surface area contributed by atoms with Gasteiger partial charge in [0.25, 0.3) is 5.91 Å². The monoisotopic (exact) mass is 363 g/mol. The molecule has 0 saturated carbocycles. The molecule has 1 aliphatic heterocycles. The molecule has 1 fully saturated rings. The molecule has 1 aromatic heterocycles. The average molecular weight is 364 g/mol. The van der Waals surface area contributed by atoms with Gasteiger partial charge in [-0.05, 0) is 50.2 Å². The van der Waals surface area contributed by atoms with Crippen LogP contribution in [-0.2, 0) is 0 Å². The molecule has 2 aromatic rings. The summed E-state index contributed by atoms with van der Waals surface area (Å²) in [6, 6.07) is 7.58. The number of carbonyl (C=O) groups is 1. The van der Waals surface area contributed by atoms with Gasteiger partial charge in [0.2, 0.25) is 0 Å². The van der Waals surface area contributed by atoms with Gasteiger partial charge in [-0.3, -0.25) is 4.79 Å². The zero-order chi connectivity index (χ0) is 15.5. The third-order valence-electron chi connectivity index (χ3n) is 3.95. The van der Waals surface area contributed by atoms with E-state index in [1.165, 1.54) is 6.26 Å². The maximum Gasteiger partial charge on any atom is 0.279 e. The Morgan fingerprint density at radius 3 is 2.68 bits per heavy atom.